The molecule has 0 saturated carbocycles. The molecule has 2 aliphatic rings. The summed E-state index contributed by atoms with van der Waals surface area (Å²) in [5, 5.41) is 6.55. The van der Waals surface area contributed by atoms with Gasteiger partial charge in [0.2, 0.25) is 0 Å². The Bertz CT molecular complexity index is 1200. The van der Waals surface area contributed by atoms with Crippen LogP contribution in [0.2, 0.25) is 0 Å². The molecule has 0 aliphatic carbocycles. The molecular formula is C24H22N4O. The summed E-state index contributed by atoms with van der Waals surface area (Å²) in [7, 11) is 0. The maximum Gasteiger partial charge on any atom is 0.268 e. The number of hydrogen-bond acceptors (Lipinski definition) is 3. The van der Waals surface area contributed by atoms with E-state index in [2.05, 4.69) is 47.2 Å². The number of hydrazine groups is 1. The predicted molar refractivity (Wildman–Crippen MR) is 115 cm³/mol. The van der Waals surface area contributed by atoms with Gasteiger partial charge in [-0.15, -0.1) is 0 Å². The van der Waals surface area contributed by atoms with E-state index in [1.54, 1.807) is 0 Å². The normalized spacial score (nSPS) is 20.8. The monoisotopic (exact) mass is 382 g/mol. The van der Waals surface area contributed by atoms with E-state index in [0.29, 0.717) is 6.04 Å². The van der Waals surface area contributed by atoms with E-state index < -0.39 is 0 Å². The van der Waals surface area contributed by atoms with Crippen molar-refractivity contribution >= 4 is 27.7 Å². The lowest BCUT2D eigenvalue weighted by molar-refractivity contribution is 0.0334. The average molecular weight is 382 g/mol. The fraction of sp³-hybridized carbons (Fsp3) is 0.250. The van der Waals surface area contributed by atoms with Crippen molar-refractivity contribution in [1.29, 1.82) is 0 Å². The van der Waals surface area contributed by atoms with Crippen LogP contribution in [-0.2, 0) is 0 Å². The molecule has 2 saturated heterocycles. The molecule has 5 heteroatoms. The second kappa shape index (κ2) is 6.16. The summed E-state index contributed by atoms with van der Waals surface area (Å²) in [5.41, 5.74) is 4.83. The van der Waals surface area contributed by atoms with E-state index in [4.69, 9.17) is 4.98 Å². The SMILES string of the molecule is Cc1cc(C(=O)N2C3CCN2CC3)ccc1-c1nc2cc3ccccc3cc2[nH]1. The van der Waals surface area contributed by atoms with Gasteiger partial charge in [0.25, 0.3) is 5.91 Å². The van der Waals surface area contributed by atoms with Crippen molar-refractivity contribution in [3.05, 3.63) is 65.7 Å². The summed E-state index contributed by atoms with van der Waals surface area (Å²) in [5.74, 6) is 0.965. The third-order valence-corrected chi connectivity index (χ3v) is 6.38. The topological polar surface area (TPSA) is 52.2 Å². The van der Waals surface area contributed by atoms with Gasteiger partial charge < -0.3 is 4.98 Å². The zero-order chi connectivity index (χ0) is 19.5. The first-order valence-electron chi connectivity index (χ1n) is 10.3. The first-order valence-corrected chi connectivity index (χ1v) is 10.3. The number of aromatic amines is 1. The van der Waals surface area contributed by atoms with Gasteiger partial charge in [-0.3, -0.25) is 9.80 Å². The van der Waals surface area contributed by atoms with Crippen LogP contribution in [-0.4, -0.2) is 45.0 Å². The lowest BCUT2D eigenvalue weighted by Crippen LogP contribution is -2.38. The highest BCUT2D eigenvalue weighted by atomic mass is 16.2. The zero-order valence-corrected chi connectivity index (χ0v) is 16.4. The Morgan fingerprint density at radius 1 is 1.03 bits per heavy atom. The molecule has 1 N–H and O–H groups in total. The summed E-state index contributed by atoms with van der Waals surface area (Å²) >= 11 is 0. The van der Waals surface area contributed by atoms with Crippen LogP contribution in [0.4, 0.5) is 0 Å². The Hall–Kier alpha value is -3.18. The molecule has 6 rings (SSSR count). The molecule has 3 aromatic carbocycles. The van der Waals surface area contributed by atoms with Crippen molar-refractivity contribution in [2.75, 3.05) is 13.1 Å². The zero-order valence-electron chi connectivity index (χ0n) is 16.4. The highest BCUT2D eigenvalue weighted by molar-refractivity contribution is 5.97. The van der Waals surface area contributed by atoms with E-state index in [1.165, 1.54) is 10.8 Å². The summed E-state index contributed by atoms with van der Waals surface area (Å²) < 4.78 is 0. The highest BCUT2D eigenvalue weighted by Crippen LogP contribution is 2.32. The number of fused-ring (bicyclic) bond motifs is 4. The summed E-state index contributed by atoms with van der Waals surface area (Å²) in [4.78, 5) is 21.3. The van der Waals surface area contributed by atoms with E-state index >= 15 is 0 Å². The number of carbonyl (C=O) groups excluding carboxylic acids is 1. The Labute approximate surface area is 168 Å². The lowest BCUT2D eigenvalue weighted by Gasteiger charge is -2.24. The summed E-state index contributed by atoms with van der Waals surface area (Å²) in [6.07, 6.45) is 2.19. The van der Waals surface area contributed by atoms with Crippen molar-refractivity contribution in [1.82, 2.24) is 20.0 Å². The number of H-pyrrole nitrogens is 1. The molecule has 1 aromatic heterocycles. The molecule has 144 valence electrons. The fourth-order valence-corrected chi connectivity index (χ4v) is 4.86. The van der Waals surface area contributed by atoms with Gasteiger partial charge in [0.15, 0.2) is 0 Å². The Kier molecular flexibility index (Phi) is 3.56. The van der Waals surface area contributed by atoms with Crippen LogP contribution in [0.1, 0.15) is 28.8 Å². The number of amides is 1. The molecule has 5 nitrogen and oxygen atoms in total. The van der Waals surface area contributed by atoms with Crippen LogP contribution in [0.15, 0.2) is 54.6 Å². The van der Waals surface area contributed by atoms with E-state index in [0.717, 1.165) is 59.5 Å². The van der Waals surface area contributed by atoms with Crippen molar-refractivity contribution in [2.45, 2.75) is 25.8 Å². The van der Waals surface area contributed by atoms with Crippen LogP contribution in [0.3, 0.4) is 0 Å². The number of nitrogens with one attached hydrogen (secondary N) is 1. The highest BCUT2D eigenvalue weighted by Gasteiger charge is 2.41. The van der Waals surface area contributed by atoms with Gasteiger partial charge in [-0.1, -0.05) is 30.3 Å². The van der Waals surface area contributed by atoms with Crippen LogP contribution in [0.25, 0.3) is 33.2 Å². The largest absolute Gasteiger partial charge is 0.338 e. The number of aryl methyl sites for hydroxylation is 1. The molecule has 2 aliphatic heterocycles. The van der Waals surface area contributed by atoms with Gasteiger partial charge in [-0.25, -0.2) is 9.99 Å². The molecule has 2 fully saturated rings. The van der Waals surface area contributed by atoms with E-state index in [1.807, 2.05) is 29.3 Å². The average Bonchev–Trinajstić information content (AvgIpc) is 3.45. The third kappa shape index (κ3) is 2.58. The van der Waals surface area contributed by atoms with Gasteiger partial charge in [-0.05, 0) is 60.4 Å². The number of benzene rings is 3. The van der Waals surface area contributed by atoms with Crippen molar-refractivity contribution in [2.24, 2.45) is 0 Å². The third-order valence-electron chi connectivity index (χ3n) is 6.38. The first-order chi connectivity index (χ1) is 14.2. The minimum Gasteiger partial charge on any atom is -0.338 e. The van der Waals surface area contributed by atoms with Crippen LogP contribution < -0.4 is 0 Å². The van der Waals surface area contributed by atoms with Gasteiger partial charge >= 0.3 is 0 Å². The quantitative estimate of drug-likeness (QED) is 0.554. The smallest absolute Gasteiger partial charge is 0.268 e. The Balaban J connectivity index is 1.37. The molecule has 0 unspecified atom stereocenters. The molecule has 0 spiro atoms. The number of rotatable bonds is 2. The van der Waals surface area contributed by atoms with Gasteiger partial charge in [-0.2, -0.15) is 0 Å². The number of hydrogen-bond donors (Lipinski definition) is 1. The van der Waals surface area contributed by atoms with Crippen LogP contribution >= 0.6 is 0 Å². The molecule has 0 radical (unpaired) electrons. The molecular weight excluding hydrogens is 360 g/mol. The van der Waals surface area contributed by atoms with Crippen molar-refractivity contribution in [3.63, 3.8) is 0 Å². The molecule has 2 bridgehead atoms. The standard InChI is InChI=1S/C24H22N4O/c1-15-12-18(24(29)28-19-8-10-27(28)11-9-19)6-7-20(15)23-25-21-13-16-4-2-3-5-17(16)14-22(21)26-23/h2-7,12-14,19H,8-11H2,1H3,(H,25,26). The second-order valence-corrected chi connectivity index (χ2v) is 8.17. The maximum atomic E-state index is 13.0. The second-order valence-electron chi connectivity index (χ2n) is 8.17. The number of nitrogens with zero attached hydrogens (tertiary/aromatic N) is 3. The van der Waals surface area contributed by atoms with Crippen LogP contribution in [0.5, 0.6) is 0 Å². The molecule has 1 amide bonds. The van der Waals surface area contributed by atoms with Gasteiger partial charge in [0.05, 0.1) is 17.1 Å². The minimum absolute atomic E-state index is 0.121. The lowest BCUT2D eigenvalue weighted by atomic mass is 10.0. The molecule has 0 atom stereocenters. The Morgan fingerprint density at radius 3 is 2.48 bits per heavy atom. The number of carbonyl (C=O) groups is 1. The molecule has 3 heterocycles. The summed E-state index contributed by atoms with van der Waals surface area (Å²) in [6.45, 7) is 4.05. The predicted octanol–water partition coefficient (Wildman–Crippen LogP) is 4.53. The number of aromatic nitrogens is 2. The van der Waals surface area contributed by atoms with Crippen LogP contribution in [0, 0.1) is 6.92 Å². The molecule has 29 heavy (non-hydrogen) atoms. The van der Waals surface area contributed by atoms with Gasteiger partial charge in [0, 0.05) is 24.2 Å². The minimum atomic E-state index is 0.121. The maximum absolute atomic E-state index is 13.0. The van der Waals surface area contributed by atoms with Crippen molar-refractivity contribution < 1.29 is 4.79 Å². The van der Waals surface area contributed by atoms with E-state index in [9.17, 15) is 4.79 Å². The first kappa shape index (κ1) is 16.7. The molecule has 4 aromatic rings. The van der Waals surface area contributed by atoms with Crippen molar-refractivity contribution in [3.8, 4) is 11.4 Å². The fourth-order valence-electron chi connectivity index (χ4n) is 4.86. The van der Waals surface area contributed by atoms with Gasteiger partial charge in [0.1, 0.15) is 5.82 Å². The number of imidazole rings is 1. The number of piperidine rings is 1. The Morgan fingerprint density at radius 2 is 1.79 bits per heavy atom. The summed E-state index contributed by atoms with van der Waals surface area (Å²) in [6, 6.07) is 18.9. The van der Waals surface area contributed by atoms with E-state index in [-0.39, 0.29) is 5.91 Å².